The molecule has 1 aliphatic heterocycles. The van der Waals surface area contributed by atoms with E-state index in [1.165, 1.54) is 19.6 Å². The molecule has 1 fully saturated rings. The van der Waals surface area contributed by atoms with Gasteiger partial charge in [-0.25, -0.2) is 0 Å². The second kappa shape index (κ2) is 5.83. The van der Waals surface area contributed by atoms with Crippen LogP contribution in [0.25, 0.3) is 0 Å². The molecule has 3 heteroatoms. The molecule has 3 nitrogen and oxygen atoms in total. The van der Waals surface area contributed by atoms with E-state index >= 15 is 0 Å². The Morgan fingerprint density at radius 2 is 2.00 bits per heavy atom. The highest BCUT2D eigenvalue weighted by molar-refractivity contribution is 4.86. The van der Waals surface area contributed by atoms with Gasteiger partial charge in [-0.15, -0.1) is 0 Å². The summed E-state index contributed by atoms with van der Waals surface area (Å²) in [5.74, 6) is 0.770. The maximum absolute atomic E-state index is 3.29. The minimum atomic E-state index is 0.671. The largest absolute Gasteiger partial charge is 0.318 e. The summed E-state index contributed by atoms with van der Waals surface area (Å²) in [6, 6.07) is 1.37. The molecule has 1 N–H and O–H groups in total. The fourth-order valence-electron chi connectivity index (χ4n) is 2.45. The van der Waals surface area contributed by atoms with Crippen LogP contribution >= 0.6 is 0 Å². The molecule has 1 aliphatic rings. The Morgan fingerprint density at radius 1 is 1.33 bits per heavy atom. The lowest BCUT2D eigenvalue weighted by atomic mass is 10.1. The van der Waals surface area contributed by atoms with Gasteiger partial charge in [0.2, 0.25) is 0 Å². The molecule has 0 saturated carbocycles. The summed E-state index contributed by atoms with van der Waals surface area (Å²) in [6.45, 7) is 11.7. The molecule has 90 valence electrons. The highest BCUT2D eigenvalue weighted by Crippen LogP contribution is 2.14. The number of nitrogens with one attached hydrogen (secondary N) is 1. The molecular weight excluding hydrogens is 186 g/mol. The fraction of sp³-hybridized carbons (Fsp3) is 1.00. The van der Waals surface area contributed by atoms with Gasteiger partial charge in [0.1, 0.15) is 0 Å². The number of likely N-dealkylation sites (N-methyl/N-ethyl adjacent to an activating group) is 2. The lowest BCUT2D eigenvalue weighted by Gasteiger charge is -2.44. The average molecular weight is 213 g/mol. The smallest absolute Gasteiger partial charge is 0.0345 e. The maximum atomic E-state index is 3.29. The number of nitrogens with zero attached hydrogens (tertiary/aromatic N) is 2. The summed E-state index contributed by atoms with van der Waals surface area (Å²) >= 11 is 0. The molecule has 1 heterocycles. The summed E-state index contributed by atoms with van der Waals surface area (Å²) < 4.78 is 0. The third kappa shape index (κ3) is 3.74. The minimum absolute atomic E-state index is 0.671. The van der Waals surface area contributed by atoms with E-state index in [4.69, 9.17) is 0 Å². The molecular formula is C12H27N3. The Bertz CT molecular complexity index is 182. The van der Waals surface area contributed by atoms with Crippen molar-refractivity contribution in [2.75, 3.05) is 40.3 Å². The van der Waals surface area contributed by atoms with Crippen molar-refractivity contribution in [2.45, 2.75) is 32.9 Å². The number of hydrogen-bond donors (Lipinski definition) is 1. The summed E-state index contributed by atoms with van der Waals surface area (Å²) in [6.07, 6.45) is 0. The molecule has 0 bridgehead atoms. The Labute approximate surface area is 94.8 Å². The predicted molar refractivity (Wildman–Crippen MR) is 66.2 cm³/mol. The van der Waals surface area contributed by atoms with Gasteiger partial charge in [0.15, 0.2) is 0 Å². The van der Waals surface area contributed by atoms with Crippen molar-refractivity contribution in [3.8, 4) is 0 Å². The Morgan fingerprint density at radius 3 is 2.53 bits per heavy atom. The van der Waals surface area contributed by atoms with Crippen molar-refractivity contribution < 1.29 is 0 Å². The van der Waals surface area contributed by atoms with Gasteiger partial charge in [0, 0.05) is 38.3 Å². The zero-order valence-electron chi connectivity index (χ0n) is 11.0. The van der Waals surface area contributed by atoms with Crippen molar-refractivity contribution >= 4 is 0 Å². The van der Waals surface area contributed by atoms with E-state index in [1.807, 2.05) is 7.05 Å². The Hall–Kier alpha value is -0.120. The first-order valence-electron chi connectivity index (χ1n) is 6.13. The normalized spacial score (nSPS) is 30.0. The maximum Gasteiger partial charge on any atom is 0.0345 e. The van der Waals surface area contributed by atoms with Gasteiger partial charge in [-0.3, -0.25) is 9.80 Å². The van der Waals surface area contributed by atoms with Gasteiger partial charge in [0.25, 0.3) is 0 Å². The van der Waals surface area contributed by atoms with Crippen LogP contribution in [0.15, 0.2) is 0 Å². The molecule has 2 unspecified atom stereocenters. The van der Waals surface area contributed by atoms with Crippen LogP contribution in [0, 0.1) is 5.92 Å². The van der Waals surface area contributed by atoms with Crippen LogP contribution in [0.1, 0.15) is 20.8 Å². The van der Waals surface area contributed by atoms with Crippen LogP contribution in [0.4, 0.5) is 0 Å². The number of rotatable bonds is 4. The quantitative estimate of drug-likeness (QED) is 0.747. The molecule has 0 spiro atoms. The van der Waals surface area contributed by atoms with Crippen LogP contribution < -0.4 is 5.32 Å². The van der Waals surface area contributed by atoms with Gasteiger partial charge in [0.05, 0.1) is 0 Å². The highest BCUT2D eigenvalue weighted by Gasteiger charge is 2.28. The van der Waals surface area contributed by atoms with Crippen LogP contribution in [0.3, 0.4) is 0 Å². The molecule has 1 rings (SSSR count). The summed E-state index contributed by atoms with van der Waals surface area (Å²) in [5, 5.41) is 3.29. The molecule has 2 atom stereocenters. The van der Waals surface area contributed by atoms with Gasteiger partial charge in [-0.05, 0) is 26.9 Å². The highest BCUT2D eigenvalue weighted by atomic mass is 15.3. The van der Waals surface area contributed by atoms with Crippen LogP contribution in [0.5, 0.6) is 0 Å². The van der Waals surface area contributed by atoms with Gasteiger partial charge in [-0.2, -0.15) is 0 Å². The van der Waals surface area contributed by atoms with Gasteiger partial charge < -0.3 is 5.32 Å². The molecule has 0 aromatic heterocycles. The zero-order chi connectivity index (χ0) is 11.4. The molecule has 15 heavy (non-hydrogen) atoms. The second-order valence-electron chi connectivity index (χ2n) is 5.35. The number of hydrogen-bond acceptors (Lipinski definition) is 3. The van der Waals surface area contributed by atoms with E-state index < -0.39 is 0 Å². The minimum Gasteiger partial charge on any atom is -0.318 e. The van der Waals surface area contributed by atoms with E-state index in [0.29, 0.717) is 12.1 Å². The first-order valence-corrected chi connectivity index (χ1v) is 6.13. The lowest BCUT2D eigenvalue weighted by molar-refractivity contribution is 0.0454. The summed E-state index contributed by atoms with van der Waals surface area (Å²) in [4.78, 5) is 5.12. The first kappa shape index (κ1) is 12.9. The topological polar surface area (TPSA) is 18.5 Å². The van der Waals surface area contributed by atoms with Crippen molar-refractivity contribution in [1.82, 2.24) is 15.1 Å². The van der Waals surface area contributed by atoms with E-state index in [1.54, 1.807) is 0 Å². The second-order valence-corrected chi connectivity index (χ2v) is 5.35. The third-order valence-corrected chi connectivity index (χ3v) is 3.28. The van der Waals surface area contributed by atoms with Crippen molar-refractivity contribution in [3.63, 3.8) is 0 Å². The fourth-order valence-corrected chi connectivity index (χ4v) is 2.45. The zero-order valence-corrected chi connectivity index (χ0v) is 11.0. The van der Waals surface area contributed by atoms with Crippen LogP contribution in [0.2, 0.25) is 0 Å². The van der Waals surface area contributed by atoms with E-state index in [0.717, 1.165) is 12.5 Å². The van der Waals surface area contributed by atoms with E-state index in [9.17, 15) is 0 Å². The average Bonchev–Trinajstić information content (AvgIpc) is 2.12. The molecule has 0 aromatic carbocycles. The van der Waals surface area contributed by atoms with Gasteiger partial charge >= 0.3 is 0 Å². The lowest BCUT2D eigenvalue weighted by Crippen LogP contribution is -2.58. The Kier molecular flexibility index (Phi) is 5.03. The standard InChI is InChI=1S/C12H27N3/c1-10(2)7-15-9-12(6-13-4)14(5)8-11(15)3/h10-13H,6-9H2,1-5H3. The molecule has 0 radical (unpaired) electrons. The molecule has 0 aromatic rings. The van der Waals surface area contributed by atoms with Crippen molar-refractivity contribution in [3.05, 3.63) is 0 Å². The van der Waals surface area contributed by atoms with Gasteiger partial charge in [-0.1, -0.05) is 13.8 Å². The molecule has 0 amide bonds. The monoisotopic (exact) mass is 213 g/mol. The summed E-state index contributed by atoms with van der Waals surface area (Å²) in [7, 11) is 4.28. The van der Waals surface area contributed by atoms with Crippen molar-refractivity contribution in [2.24, 2.45) is 5.92 Å². The number of piperazine rings is 1. The summed E-state index contributed by atoms with van der Waals surface area (Å²) in [5.41, 5.74) is 0. The Balaban J connectivity index is 2.50. The van der Waals surface area contributed by atoms with E-state index in [-0.39, 0.29) is 0 Å². The molecule has 1 saturated heterocycles. The van der Waals surface area contributed by atoms with Crippen LogP contribution in [-0.4, -0.2) is 62.2 Å². The van der Waals surface area contributed by atoms with Crippen LogP contribution in [-0.2, 0) is 0 Å². The van der Waals surface area contributed by atoms with E-state index in [2.05, 4.69) is 42.9 Å². The van der Waals surface area contributed by atoms with Crippen molar-refractivity contribution in [1.29, 1.82) is 0 Å². The predicted octanol–water partition coefficient (Wildman–Crippen LogP) is 0.866. The molecule has 0 aliphatic carbocycles. The third-order valence-electron chi connectivity index (χ3n) is 3.28. The SMILES string of the molecule is CNCC1CN(CC(C)C)C(C)CN1C. The first-order chi connectivity index (χ1) is 7.04.